The maximum absolute atomic E-state index is 11.4. The third-order valence-electron chi connectivity index (χ3n) is 4.79. The van der Waals surface area contributed by atoms with Gasteiger partial charge in [-0.2, -0.15) is 0 Å². The first kappa shape index (κ1) is 35.0. The number of hydrogen-bond acceptors (Lipinski definition) is 8. The lowest BCUT2D eigenvalue weighted by Crippen LogP contribution is -2.42. The molecular weight excluding hydrogens is 542 g/mol. The molecule has 0 spiro atoms. The number of rotatable bonds is 7. The van der Waals surface area contributed by atoms with E-state index in [4.69, 9.17) is 15.2 Å². The second-order valence-corrected chi connectivity index (χ2v) is 9.47. The van der Waals surface area contributed by atoms with E-state index < -0.39 is 23.9 Å². The van der Waals surface area contributed by atoms with Crippen LogP contribution in [0.4, 0.5) is 14.4 Å². The van der Waals surface area contributed by atoms with Crippen molar-refractivity contribution in [1.29, 1.82) is 0 Å². The fourth-order valence-corrected chi connectivity index (χ4v) is 2.92. The average Bonchev–Trinajstić information content (AvgIpc) is 2.97. The molecule has 0 saturated heterocycles. The summed E-state index contributed by atoms with van der Waals surface area (Å²) < 4.78 is 19.0. The molecule has 0 bridgehead atoms. The predicted molar refractivity (Wildman–Crippen MR) is 157 cm³/mol. The van der Waals surface area contributed by atoms with Crippen LogP contribution in [0.3, 0.4) is 0 Å². The second-order valence-electron chi connectivity index (χ2n) is 9.47. The van der Waals surface area contributed by atoms with E-state index in [1.165, 1.54) is 12.7 Å². The molecule has 0 aliphatic rings. The molecule has 4 N–H and O–H groups in total. The molecule has 11 nitrogen and oxygen atoms in total. The summed E-state index contributed by atoms with van der Waals surface area (Å²) in [5, 5.41) is 0. The largest absolute Gasteiger partial charge is 0.469 e. The number of carbonyl (C=O) groups is 4. The molecule has 3 amide bonds. The van der Waals surface area contributed by atoms with Gasteiger partial charge in [-0.25, -0.2) is 25.2 Å². The molecule has 0 saturated carbocycles. The topological polar surface area (TPSA) is 155 Å². The Hall–Kier alpha value is -5.06. The lowest BCUT2D eigenvalue weighted by Gasteiger charge is -2.16. The highest BCUT2D eigenvalue weighted by molar-refractivity contribution is 5.73. The van der Waals surface area contributed by atoms with Crippen LogP contribution >= 0.6 is 0 Å². The average molecular weight is 582 g/mol. The summed E-state index contributed by atoms with van der Waals surface area (Å²) in [6, 6.07) is 28.3. The van der Waals surface area contributed by atoms with Crippen LogP contribution in [0.15, 0.2) is 91.0 Å². The number of methoxy groups -OCH3 is 1. The van der Waals surface area contributed by atoms with Gasteiger partial charge in [0, 0.05) is 6.42 Å². The number of hydrazine groups is 1. The smallest absolute Gasteiger partial charge is 0.426 e. The van der Waals surface area contributed by atoms with Gasteiger partial charge in [-0.05, 0) is 43.9 Å². The molecule has 0 aliphatic heterocycles. The Morgan fingerprint density at radius 3 is 1.36 bits per heavy atom. The van der Waals surface area contributed by atoms with Crippen molar-refractivity contribution in [2.75, 3.05) is 7.11 Å². The van der Waals surface area contributed by atoms with Crippen LogP contribution in [0.25, 0.3) is 0 Å². The number of esters is 1. The molecule has 0 aliphatic carbocycles. The normalized spacial score (nSPS) is 9.81. The number of hydrogen-bond donors (Lipinski definition) is 3. The highest BCUT2D eigenvalue weighted by Crippen LogP contribution is 2.05. The SMILES string of the molecule is CC(C)(C)OC(N)=O.COC(=O)CCc1ccccc1.O=C(NNC(=O)OCc1ccccc1)OCc1ccccc1. The Kier molecular flexibility index (Phi) is 16.6. The summed E-state index contributed by atoms with van der Waals surface area (Å²) in [5.41, 5.74) is 11.3. The standard InChI is InChI=1S/C16H16N2O4.C10H12O2.C5H11NO2/c19-15(21-11-13-7-3-1-4-8-13)17-18-16(20)22-12-14-9-5-2-6-10-14;1-12-10(11)8-7-9-5-3-2-4-6-9;1-5(2,3)8-4(6)7/h1-10H,11-12H2,(H,17,19)(H,18,20);2-6H,7-8H2,1H3;1-3H3,(H2,6,7). The number of primary amides is 1. The van der Waals surface area contributed by atoms with E-state index >= 15 is 0 Å². The molecule has 0 heterocycles. The highest BCUT2D eigenvalue weighted by Gasteiger charge is 2.12. The molecule has 3 rings (SSSR count). The zero-order chi connectivity index (χ0) is 31.2. The minimum absolute atomic E-state index is 0.118. The molecule has 0 atom stereocenters. The van der Waals surface area contributed by atoms with Crippen LogP contribution in [0.5, 0.6) is 0 Å². The Morgan fingerprint density at radius 1 is 0.667 bits per heavy atom. The van der Waals surface area contributed by atoms with Crippen molar-refractivity contribution in [2.24, 2.45) is 5.73 Å². The fraction of sp³-hybridized carbons (Fsp3) is 0.290. The molecule has 11 heteroatoms. The molecule has 3 aromatic rings. The van der Waals surface area contributed by atoms with Crippen molar-refractivity contribution in [3.63, 3.8) is 0 Å². The van der Waals surface area contributed by atoms with Crippen LogP contribution in [0.1, 0.15) is 43.9 Å². The molecular formula is C31H39N3O8. The van der Waals surface area contributed by atoms with E-state index in [0.29, 0.717) is 6.42 Å². The van der Waals surface area contributed by atoms with Crippen molar-refractivity contribution in [2.45, 2.75) is 52.4 Å². The number of nitrogens with one attached hydrogen (secondary N) is 2. The minimum Gasteiger partial charge on any atom is -0.469 e. The quantitative estimate of drug-likeness (QED) is 0.190. The molecule has 0 aromatic heterocycles. The van der Waals surface area contributed by atoms with Gasteiger partial charge in [0.05, 0.1) is 7.11 Å². The van der Waals surface area contributed by atoms with Gasteiger partial charge in [0.25, 0.3) is 0 Å². The lowest BCUT2D eigenvalue weighted by atomic mass is 10.1. The van der Waals surface area contributed by atoms with E-state index in [9.17, 15) is 19.2 Å². The highest BCUT2D eigenvalue weighted by atomic mass is 16.6. The van der Waals surface area contributed by atoms with Gasteiger partial charge >= 0.3 is 24.2 Å². The third-order valence-corrected chi connectivity index (χ3v) is 4.79. The van der Waals surface area contributed by atoms with Gasteiger partial charge in [0.15, 0.2) is 0 Å². The van der Waals surface area contributed by atoms with Crippen molar-refractivity contribution in [3.8, 4) is 0 Å². The van der Waals surface area contributed by atoms with Crippen LogP contribution in [0.2, 0.25) is 0 Å². The van der Waals surface area contributed by atoms with E-state index in [2.05, 4.69) is 20.3 Å². The lowest BCUT2D eigenvalue weighted by molar-refractivity contribution is -0.140. The van der Waals surface area contributed by atoms with E-state index in [1.807, 2.05) is 91.0 Å². The van der Waals surface area contributed by atoms with Crippen LogP contribution < -0.4 is 16.6 Å². The summed E-state index contributed by atoms with van der Waals surface area (Å²) in [4.78, 5) is 43.6. The Bertz CT molecular complexity index is 1150. The number of ether oxygens (including phenoxy) is 4. The monoisotopic (exact) mass is 581 g/mol. The van der Waals surface area contributed by atoms with Gasteiger partial charge in [-0.15, -0.1) is 0 Å². The van der Waals surface area contributed by atoms with E-state index in [0.717, 1.165) is 17.5 Å². The third kappa shape index (κ3) is 19.1. The van der Waals surface area contributed by atoms with Gasteiger partial charge < -0.3 is 24.7 Å². The molecule has 3 aromatic carbocycles. The number of benzene rings is 3. The molecule has 0 unspecified atom stereocenters. The fourth-order valence-electron chi connectivity index (χ4n) is 2.92. The summed E-state index contributed by atoms with van der Waals surface area (Å²) >= 11 is 0. The van der Waals surface area contributed by atoms with Crippen molar-refractivity contribution in [1.82, 2.24) is 10.9 Å². The first-order chi connectivity index (χ1) is 20.0. The van der Waals surface area contributed by atoms with Gasteiger partial charge in [-0.3, -0.25) is 4.79 Å². The van der Waals surface area contributed by atoms with Gasteiger partial charge in [-0.1, -0.05) is 91.0 Å². The first-order valence-electron chi connectivity index (χ1n) is 13.0. The minimum atomic E-state index is -0.763. The maximum atomic E-state index is 11.4. The maximum Gasteiger partial charge on any atom is 0.426 e. The number of amides is 3. The number of aryl methyl sites for hydroxylation is 1. The molecule has 0 fully saturated rings. The van der Waals surface area contributed by atoms with E-state index in [-0.39, 0.29) is 19.2 Å². The number of carbonyl (C=O) groups excluding carboxylic acids is 4. The number of nitrogens with two attached hydrogens (primary N) is 1. The zero-order valence-electron chi connectivity index (χ0n) is 24.3. The van der Waals surface area contributed by atoms with Gasteiger partial charge in [0.2, 0.25) is 0 Å². The zero-order valence-corrected chi connectivity index (χ0v) is 24.3. The summed E-state index contributed by atoms with van der Waals surface area (Å²) in [6.45, 7) is 5.52. The Labute approximate surface area is 246 Å². The van der Waals surface area contributed by atoms with Crippen LogP contribution in [-0.4, -0.2) is 37.0 Å². The van der Waals surface area contributed by atoms with Crippen molar-refractivity contribution >= 4 is 24.2 Å². The van der Waals surface area contributed by atoms with Crippen molar-refractivity contribution < 1.29 is 38.1 Å². The Morgan fingerprint density at radius 2 is 1.05 bits per heavy atom. The molecule has 42 heavy (non-hydrogen) atoms. The summed E-state index contributed by atoms with van der Waals surface area (Å²) in [6.07, 6.45) is -1.04. The Balaban J connectivity index is 0.000000369. The predicted octanol–water partition coefficient (Wildman–Crippen LogP) is 5.43. The first-order valence-corrected chi connectivity index (χ1v) is 13.0. The van der Waals surface area contributed by atoms with Crippen molar-refractivity contribution in [3.05, 3.63) is 108 Å². The summed E-state index contributed by atoms with van der Waals surface area (Å²) in [5.74, 6) is -0.154. The van der Waals surface area contributed by atoms with Crippen LogP contribution in [0, 0.1) is 0 Å². The van der Waals surface area contributed by atoms with Crippen LogP contribution in [-0.2, 0) is 43.4 Å². The molecule has 0 radical (unpaired) electrons. The second kappa shape index (κ2) is 19.9. The molecule has 226 valence electrons. The summed E-state index contributed by atoms with van der Waals surface area (Å²) in [7, 11) is 1.41. The van der Waals surface area contributed by atoms with Gasteiger partial charge in [0.1, 0.15) is 18.8 Å². The van der Waals surface area contributed by atoms with E-state index in [1.54, 1.807) is 20.8 Å².